The molecule has 40 heavy (non-hydrogen) atoms. The van der Waals surface area contributed by atoms with Crippen molar-refractivity contribution < 1.29 is 14.4 Å². The number of halogens is 1. The highest BCUT2D eigenvalue weighted by Crippen LogP contribution is 2.59. The molecule has 1 aromatic carbocycles. The highest BCUT2D eigenvalue weighted by molar-refractivity contribution is 9.10. The second-order valence-corrected chi connectivity index (χ2v) is 11.8. The second-order valence-electron chi connectivity index (χ2n) is 11.0. The van der Waals surface area contributed by atoms with Crippen LogP contribution in [-0.4, -0.2) is 59.3 Å². The Balaban J connectivity index is 1.29. The molecule has 2 aliphatic rings. The normalized spacial score (nSPS) is 21.4. The molecule has 204 valence electrons. The van der Waals surface area contributed by atoms with Gasteiger partial charge in [0.05, 0.1) is 5.52 Å². The molecular formula is C29H28BrN7O3. The molecule has 3 aromatic heterocycles. The van der Waals surface area contributed by atoms with Crippen molar-refractivity contribution in [3.63, 3.8) is 0 Å². The van der Waals surface area contributed by atoms with E-state index in [1.807, 2.05) is 44.2 Å². The van der Waals surface area contributed by atoms with Gasteiger partial charge in [-0.25, -0.2) is 15.0 Å². The predicted molar refractivity (Wildman–Crippen MR) is 153 cm³/mol. The third kappa shape index (κ3) is 4.57. The summed E-state index contributed by atoms with van der Waals surface area (Å²) in [5, 5.41) is 8.11. The Morgan fingerprint density at radius 1 is 1.07 bits per heavy atom. The smallest absolute Gasteiger partial charge is 0.248 e. The number of amides is 2. The van der Waals surface area contributed by atoms with Gasteiger partial charge in [-0.05, 0) is 77.4 Å². The van der Waals surface area contributed by atoms with Crippen LogP contribution in [0.25, 0.3) is 22.0 Å². The fraction of sp³-hybridized carbons (Fsp3) is 0.345. The van der Waals surface area contributed by atoms with Crippen LogP contribution in [0.3, 0.4) is 0 Å². The van der Waals surface area contributed by atoms with Crippen molar-refractivity contribution in [2.75, 3.05) is 5.32 Å². The fourth-order valence-electron chi connectivity index (χ4n) is 5.68. The number of ketones is 1. The van der Waals surface area contributed by atoms with Crippen LogP contribution in [-0.2, 0) is 16.1 Å². The van der Waals surface area contributed by atoms with E-state index in [-0.39, 0.29) is 35.6 Å². The van der Waals surface area contributed by atoms with E-state index in [1.54, 1.807) is 22.0 Å². The van der Waals surface area contributed by atoms with Gasteiger partial charge in [-0.2, -0.15) is 5.10 Å². The molecule has 1 N–H and O–H groups in total. The van der Waals surface area contributed by atoms with Crippen LogP contribution in [0.5, 0.6) is 0 Å². The lowest BCUT2D eigenvalue weighted by Crippen LogP contribution is -2.47. The molecule has 1 aliphatic heterocycles. The molecular weight excluding hydrogens is 574 g/mol. The summed E-state index contributed by atoms with van der Waals surface area (Å²) in [5.41, 5.74) is 3.38. The van der Waals surface area contributed by atoms with E-state index in [0.717, 1.165) is 23.1 Å². The third-order valence-corrected chi connectivity index (χ3v) is 8.46. The number of pyridine rings is 1. The topological polar surface area (TPSA) is 123 Å². The third-order valence-electron chi connectivity index (χ3n) is 8.01. The van der Waals surface area contributed by atoms with Crippen LogP contribution in [0.2, 0.25) is 0 Å². The highest BCUT2D eigenvalue weighted by atomic mass is 79.9. The van der Waals surface area contributed by atoms with E-state index >= 15 is 0 Å². The summed E-state index contributed by atoms with van der Waals surface area (Å²) in [4.78, 5) is 54.3. The first kappa shape index (κ1) is 26.2. The van der Waals surface area contributed by atoms with Gasteiger partial charge in [-0.15, -0.1) is 0 Å². The van der Waals surface area contributed by atoms with Crippen molar-refractivity contribution in [2.45, 2.75) is 59.2 Å². The Hall–Kier alpha value is -3.99. The molecule has 4 aromatic rings. The van der Waals surface area contributed by atoms with Gasteiger partial charge < -0.3 is 10.2 Å². The van der Waals surface area contributed by atoms with Crippen LogP contribution in [0.15, 0.2) is 47.3 Å². The number of piperidine rings is 1. The molecule has 1 saturated carbocycles. The molecule has 0 radical (unpaired) electrons. The first-order valence-corrected chi connectivity index (χ1v) is 13.9. The number of anilines is 1. The van der Waals surface area contributed by atoms with Crippen LogP contribution in [0.4, 0.5) is 5.82 Å². The van der Waals surface area contributed by atoms with Gasteiger partial charge in [0.25, 0.3) is 0 Å². The number of nitrogens with zero attached hydrogens (tertiary/aromatic N) is 6. The molecule has 10 nitrogen and oxygen atoms in total. The molecule has 0 unspecified atom stereocenters. The van der Waals surface area contributed by atoms with E-state index in [9.17, 15) is 14.4 Å². The van der Waals surface area contributed by atoms with Crippen molar-refractivity contribution >= 4 is 50.2 Å². The summed E-state index contributed by atoms with van der Waals surface area (Å²) in [6.07, 6.45) is 4.92. The summed E-state index contributed by atoms with van der Waals surface area (Å²) in [7, 11) is 0. The number of fused-ring (bicyclic) bond motifs is 2. The molecule has 2 amide bonds. The Labute approximate surface area is 239 Å². The molecule has 3 atom stereocenters. The van der Waals surface area contributed by atoms with Gasteiger partial charge in [0, 0.05) is 36.3 Å². The fourth-order valence-corrected chi connectivity index (χ4v) is 5.99. The largest absolute Gasteiger partial charge is 0.325 e. The van der Waals surface area contributed by atoms with Gasteiger partial charge in [-0.1, -0.05) is 19.1 Å². The summed E-state index contributed by atoms with van der Waals surface area (Å²) in [6, 6.07) is 8.71. The molecule has 1 aliphatic carbocycles. The van der Waals surface area contributed by atoms with Crippen molar-refractivity contribution in [1.29, 1.82) is 0 Å². The van der Waals surface area contributed by atoms with E-state index in [0.29, 0.717) is 39.3 Å². The number of hydrogen-bond acceptors (Lipinski definition) is 7. The first-order chi connectivity index (χ1) is 19.0. The number of benzene rings is 1. The maximum Gasteiger partial charge on any atom is 0.248 e. The van der Waals surface area contributed by atoms with Crippen molar-refractivity contribution in [2.24, 2.45) is 5.41 Å². The van der Waals surface area contributed by atoms with Crippen molar-refractivity contribution in [3.05, 3.63) is 64.4 Å². The standard InChI is InChI=1S/C29H28BrN7O3/c1-15-5-8-24(30)33-27(15)34-28(40)22-10-29(4)11-23(29)37(22)25(39)14-36-21-7-6-18(19-12-31-17(3)32-13-19)9-20(21)26(35-36)16(2)38/h5-9,12-13,22-23H,10-11,14H2,1-4H3,(H,33,34,40)/t22-,23+,29-/m0/s1. The Morgan fingerprint density at radius 2 is 1.82 bits per heavy atom. The molecule has 1 saturated heterocycles. The average Bonchev–Trinajstić information content (AvgIpc) is 3.28. The molecule has 0 spiro atoms. The second kappa shape index (κ2) is 9.58. The Morgan fingerprint density at radius 3 is 2.55 bits per heavy atom. The number of nitrogens with one attached hydrogen (secondary N) is 1. The van der Waals surface area contributed by atoms with Crippen molar-refractivity contribution in [1.82, 2.24) is 29.6 Å². The molecule has 4 heterocycles. The summed E-state index contributed by atoms with van der Waals surface area (Å²) in [6.45, 7) is 7.18. The minimum Gasteiger partial charge on any atom is -0.325 e. The molecule has 11 heteroatoms. The quantitative estimate of drug-likeness (QED) is 0.255. The van der Waals surface area contributed by atoms with Crippen LogP contribution in [0.1, 0.15) is 48.6 Å². The van der Waals surface area contributed by atoms with Crippen molar-refractivity contribution in [3.8, 4) is 11.1 Å². The number of hydrogen-bond donors (Lipinski definition) is 1. The predicted octanol–water partition coefficient (Wildman–Crippen LogP) is 4.49. The van der Waals surface area contributed by atoms with Gasteiger partial charge >= 0.3 is 0 Å². The molecule has 6 rings (SSSR count). The number of carbonyl (C=O) groups excluding carboxylic acids is 3. The Kier molecular flexibility index (Phi) is 6.29. The summed E-state index contributed by atoms with van der Waals surface area (Å²) >= 11 is 3.35. The van der Waals surface area contributed by atoms with Gasteiger partial charge in [0.1, 0.15) is 34.5 Å². The lowest BCUT2D eigenvalue weighted by atomic mass is 10.0. The molecule has 0 bridgehead atoms. The van der Waals surface area contributed by atoms with E-state index in [1.165, 1.54) is 6.92 Å². The minimum atomic E-state index is -0.612. The lowest BCUT2D eigenvalue weighted by Gasteiger charge is -2.27. The zero-order valence-electron chi connectivity index (χ0n) is 22.6. The number of rotatable bonds is 6. The first-order valence-electron chi connectivity index (χ1n) is 13.1. The van der Waals surface area contributed by atoms with Gasteiger partial charge in [0.2, 0.25) is 11.8 Å². The maximum absolute atomic E-state index is 13.8. The number of Topliss-reactive ketones (excluding diaryl/α,β-unsaturated/α-hetero) is 1. The highest BCUT2D eigenvalue weighted by Gasteiger charge is 2.64. The molecule has 2 fully saturated rings. The van der Waals surface area contributed by atoms with E-state index in [4.69, 9.17) is 0 Å². The number of aryl methyl sites for hydroxylation is 2. The summed E-state index contributed by atoms with van der Waals surface area (Å²) < 4.78 is 2.18. The van der Waals surface area contributed by atoms with Gasteiger partial charge in [-0.3, -0.25) is 19.1 Å². The zero-order chi connectivity index (χ0) is 28.3. The summed E-state index contributed by atoms with van der Waals surface area (Å²) in [5.74, 6) is 0.482. The number of carbonyl (C=O) groups is 3. The van der Waals surface area contributed by atoms with Crippen LogP contribution >= 0.6 is 15.9 Å². The van der Waals surface area contributed by atoms with E-state index in [2.05, 4.69) is 48.2 Å². The average molecular weight is 602 g/mol. The monoisotopic (exact) mass is 601 g/mol. The van der Waals surface area contributed by atoms with Crippen LogP contribution < -0.4 is 5.32 Å². The van der Waals surface area contributed by atoms with Crippen LogP contribution in [0, 0.1) is 19.3 Å². The lowest BCUT2D eigenvalue weighted by molar-refractivity contribution is -0.138. The Bertz CT molecular complexity index is 1700. The zero-order valence-corrected chi connectivity index (χ0v) is 24.2. The van der Waals surface area contributed by atoms with E-state index < -0.39 is 6.04 Å². The minimum absolute atomic E-state index is 0.00504. The van der Waals surface area contributed by atoms with Gasteiger partial charge in [0.15, 0.2) is 5.78 Å². The SMILES string of the molecule is CC(=O)c1nn(CC(=O)N2[C@H](C(=O)Nc3nc(Br)ccc3C)C[C@@]3(C)C[C@@H]23)c2ccc(-c3cnc(C)nc3)cc12. The number of likely N-dealkylation sites (tertiary alicyclic amines) is 1. The maximum atomic E-state index is 13.8. The number of aromatic nitrogens is 5.